The molecule has 1 atom stereocenters. The van der Waals surface area contributed by atoms with E-state index in [-0.39, 0.29) is 6.54 Å². The van der Waals surface area contributed by atoms with Crippen LogP contribution in [0.4, 0.5) is 10.5 Å². The normalized spacial score (nSPS) is 11.7. The van der Waals surface area contributed by atoms with Crippen LogP contribution < -0.4 is 15.4 Å². The number of carbonyl (C=O) groups excluding carboxylic acids is 1. The number of aliphatic hydroxyl groups is 1. The molecule has 0 aromatic heterocycles. The van der Waals surface area contributed by atoms with Gasteiger partial charge in [0.1, 0.15) is 5.75 Å². The lowest BCUT2D eigenvalue weighted by Crippen LogP contribution is -2.32. The van der Waals surface area contributed by atoms with Gasteiger partial charge in [-0.15, -0.1) is 11.8 Å². The van der Waals surface area contributed by atoms with Crippen LogP contribution in [0.5, 0.6) is 5.75 Å². The van der Waals surface area contributed by atoms with Crippen molar-refractivity contribution < 1.29 is 14.6 Å². The Balaban J connectivity index is 1.91. The number of benzene rings is 2. The largest absolute Gasteiger partial charge is 0.495 e. The highest BCUT2D eigenvalue weighted by Crippen LogP contribution is 2.27. The molecule has 0 aliphatic heterocycles. The molecule has 0 spiro atoms. The maximum absolute atomic E-state index is 12.0. The molecule has 0 radical (unpaired) electrons. The molecule has 2 aromatic rings. The molecule has 2 aromatic carbocycles. The van der Waals surface area contributed by atoms with Gasteiger partial charge in [-0.2, -0.15) is 0 Å². The number of amides is 2. The zero-order valence-corrected chi connectivity index (χ0v) is 14.9. The van der Waals surface area contributed by atoms with Gasteiger partial charge in [0.25, 0.3) is 0 Å². The van der Waals surface area contributed by atoms with E-state index in [1.165, 1.54) is 7.11 Å². The molecule has 0 saturated heterocycles. The van der Waals surface area contributed by atoms with Crippen LogP contribution in [0.1, 0.15) is 11.7 Å². The second-order valence-corrected chi connectivity index (χ2v) is 6.28. The van der Waals surface area contributed by atoms with Gasteiger partial charge in [0.2, 0.25) is 0 Å². The van der Waals surface area contributed by atoms with Crippen molar-refractivity contribution in [3.63, 3.8) is 0 Å². The maximum Gasteiger partial charge on any atom is 0.319 e. The molecular weight excluding hydrogens is 348 g/mol. The smallest absolute Gasteiger partial charge is 0.319 e. The third kappa shape index (κ3) is 5.06. The summed E-state index contributed by atoms with van der Waals surface area (Å²) in [6.07, 6.45) is 1.20. The van der Waals surface area contributed by atoms with Crippen LogP contribution in [0.15, 0.2) is 47.4 Å². The van der Waals surface area contributed by atoms with Gasteiger partial charge in [0.15, 0.2) is 0 Å². The van der Waals surface area contributed by atoms with Gasteiger partial charge in [-0.05, 0) is 42.2 Å². The standard InChI is InChI=1S/C17H19ClN2O3S/c1-23-16-8-5-12(18)9-14(16)20-17(22)19-10-15(21)11-3-6-13(24-2)7-4-11/h3-9,15,21H,10H2,1-2H3,(H2,19,20,22). The minimum atomic E-state index is -0.784. The molecule has 2 rings (SSSR count). The van der Waals surface area contributed by atoms with E-state index < -0.39 is 12.1 Å². The molecule has 0 fully saturated rings. The predicted molar refractivity (Wildman–Crippen MR) is 98.2 cm³/mol. The fourth-order valence-electron chi connectivity index (χ4n) is 2.08. The first kappa shape index (κ1) is 18.4. The topological polar surface area (TPSA) is 70.6 Å². The molecule has 1 unspecified atom stereocenters. The number of rotatable bonds is 6. The molecule has 0 bridgehead atoms. The molecule has 0 aliphatic carbocycles. The quantitative estimate of drug-likeness (QED) is 0.677. The lowest BCUT2D eigenvalue weighted by atomic mass is 10.1. The Morgan fingerprint density at radius 3 is 2.62 bits per heavy atom. The molecule has 24 heavy (non-hydrogen) atoms. The number of anilines is 1. The third-order valence-corrected chi connectivity index (χ3v) is 4.34. The first-order chi connectivity index (χ1) is 11.5. The fraction of sp³-hybridized carbons (Fsp3) is 0.235. The van der Waals surface area contributed by atoms with Crippen molar-refractivity contribution in [2.75, 3.05) is 25.2 Å². The Kier molecular flexibility index (Phi) is 6.78. The van der Waals surface area contributed by atoms with E-state index in [4.69, 9.17) is 16.3 Å². The van der Waals surface area contributed by atoms with E-state index in [9.17, 15) is 9.90 Å². The zero-order valence-electron chi connectivity index (χ0n) is 13.4. The number of hydrogen-bond donors (Lipinski definition) is 3. The molecule has 3 N–H and O–H groups in total. The van der Waals surface area contributed by atoms with Gasteiger partial charge >= 0.3 is 6.03 Å². The van der Waals surface area contributed by atoms with Gasteiger partial charge in [0.05, 0.1) is 18.9 Å². The lowest BCUT2D eigenvalue weighted by molar-refractivity contribution is 0.175. The summed E-state index contributed by atoms with van der Waals surface area (Å²) in [5, 5.41) is 15.9. The SMILES string of the molecule is COc1ccc(Cl)cc1NC(=O)NCC(O)c1ccc(SC)cc1. The molecule has 2 amide bonds. The Morgan fingerprint density at radius 1 is 1.29 bits per heavy atom. The lowest BCUT2D eigenvalue weighted by Gasteiger charge is -2.14. The number of methoxy groups -OCH3 is 1. The number of ether oxygens (including phenoxy) is 1. The number of nitrogens with one attached hydrogen (secondary N) is 2. The molecule has 0 aliphatic rings. The molecule has 5 nitrogen and oxygen atoms in total. The van der Waals surface area contributed by atoms with Crippen LogP contribution in [-0.4, -0.2) is 31.0 Å². The molecule has 128 valence electrons. The Labute approximate surface area is 150 Å². The van der Waals surface area contributed by atoms with Crippen LogP contribution >= 0.6 is 23.4 Å². The highest BCUT2D eigenvalue weighted by molar-refractivity contribution is 7.98. The number of aliphatic hydroxyl groups excluding tert-OH is 1. The summed E-state index contributed by atoms with van der Waals surface area (Å²) in [4.78, 5) is 13.1. The summed E-state index contributed by atoms with van der Waals surface area (Å²) in [5.41, 5.74) is 1.20. The second-order valence-electron chi connectivity index (χ2n) is 4.97. The van der Waals surface area contributed by atoms with Gasteiger partial charge in [-0.3, -0.25) is 0 Å². The third-order valence-electron chi connectivity index (χ3n) is 3.37. The average Bonchev–Trinajstić information content (AvgIpc) is 2.60. The summed E-state index contributed by atoms with van der Waals surface area (Å²) < 4.78 is 5.17. The monoisotopic (exact) mass is 366 g/mol. The second kappa shape index (κ2) is 8.82. The van der Waals surface area contributed by atoms with E-state index in [1.54, 1.807) is 30.0 Å². The van der Waals surface area contributed by atoms with E-state index in [0.29, 0.717) is 16.5 Å². The van der Waals surface area contributed by atoms with E-state index >= 15 is 0 Å². The predicted octanol–water partition coefficient (Wildman–Crippen LogP) is 3.93. The fourth-order valence-corrected chi connectivity index (χ4v) is 2.66. The van der Waals surface area contributed by atoms with Crippen molar-refractivity contribution in [1.29, 1.82) is 0 Å². The highest BCUT2D eigenvalue weighted by atomic mass is 35.5. The van der Waals surface area contributed by atoms with Crippen LogP contribution in [0.3, 0.4) is 0 Å². The Bertz CT molecular complexity index is 695. The summed E-state index contributed by atoms with van der Waals surface area (Å²) in [6, 6.07) is 12.0. The van der Waals surface area contributed by atoms with Crippen molar-refractivity contribution in [2.24, 2.45) is 0 Å². The first-order valence-corrected chi connectivity index (χ1v) is 8.84. The van der Waals surface area contributed by atoms with Crippen molar-refractivity contribution in [2.45, 2.75) is 11.0 Å². The summed E-state index contributed by atoms with van der Waals surface area (Å²) in [7, 11) is 1.51. The average molecular weight is 367 g/mol. The van der Waals surface area contributed by atoms with Gasteiger partial charge < -0.3 is 20.5 Å². The van der Waals surface area contributed by atoms with Crippen molar-refractivity contribution in [3.8, 4) is 5.75 Å². The number of carbonyl (C=O) groups is 1. The molecule has 0 saturated carbocycles. The van der Waals surface area contributed by atoms with Crippen LogP contribution in [-0.2, 0) is 0 Å². The van der Waals surface area contributed by atoms with Crippen LogP contribution in [0.2, 0.25) is 5.02 Å². The van der Waals surface area contributed by atoms with Gasteiger partial charge in [-0.25, -0.2) is 4.79 Å². The van der Waals surface area contributed by atoms with E-state index in [1.807, 2.05) is 30.5 Å². The molecule has 7 heteroatoms. The zero-order chi connectivity index (χ0) is 17.5. The minimum Gasteiger partial charge on any atom is -0.495 e. The van der Waals surface area contributed by atoms with Crippen molar-refractivity contribution in [1.82, 2.24) is 5.32 Å². The minimum absolute atomic E-state index is 0.0906. The summed E-state index contributed by atoms with van der Waals surface area (Å²) >= 11 is 7.55. The Morgan fingerprint density at radius 2 is 2.00 bits per heavy atom. The number of urea groups is 1. The van der Waals surface area contributed by atoms with Crippen molar-refractivity contribution in [3.05, 3.63) is 53.1 Å². The maximum atomic E-state index is 12.0. The van der Waals surface area contributed by atoms with Crippen molar-refractivity contribution >= 4 is 35.1 Å². The van der Waals surface area contributed by atoms with E-state index in [2.05, 4.69) is 10.6 Å². The Hall–Kier alpha value is -1.89. The first-order valence-electron chi connectivity index (χ1n) is 7.24. The van der Waals surface area contributed by atoms with E-state index in [0.717, 1.165) is 10.5 Å². The highest BCUT2D eigenvalue weighted by Gasteiger charge is 2.11. The number of halogens is 1. The van der Waals surface area contributed by atoms with Gasteiger partial charge in [0, 0.05) is 16.5 Å². The number of thioether (sulfide) groups is 1. The van der Waals surface area contributed by atoms with Crippen LogP contribution in [0.25, 0.3) is 0 Å². The molecular formula is C17H19ClN2O3S. The van der Waals surface area contributed by atoms with Crippen LogP contribution in [0, 0.1) is 0 Å². The summed E-state index contributed by atoms with van der Waals surface area (Å²) in [5.74, 6) is 0.503. The summed E-state index contributed by atoms with van der Waals surface area (Å²) in [6.45, 7) is 0.0906. The molecule has 0 heterocycles. The van der Waals surface area contributed by atoms with Gasteiger partial charge in [-0.1, -0.05) is 23.7 Å². The number of hydrogen-bond acceptors (Lipinski definition) is 4.